The number of likely N-dealkylation sites (N-methyl/N-ethyl adjacent to an activating group) is 1. The Morgan fingerprint density at radius 2 is 1.74 bits per heavy atom. The zero-order valence-electron chi connectivity index (χ0n) is 24.6. The monoisotopic (exact) mass is 588 g/mol. The van der Waals surface area contributed by atoms with Gasteiger partial charge in [-0.3, -0.25) is 9.59 Å². The fraction of sp³-hybridized carbons (Fsp3) is 0.344. The van der Waals surface area contributed by atoms with Crippen LogP contribution < -0.4 is 10.2 Å². The molecule has 226 valence electrons. The number of piperazine rings is 1. The van der Waals surface area contributed by atoms with Gasteiger partial charge in [-0.1, -0.05) is 48.5 Å². The van der Waals surface area contributed by atoms with Gasteiger partial charge in [0.25, 0.3) is 0 Å². The van der Waals surface area contributed by atoms with E-state index in [0.29, 0.717) is 17.8 Å². The molecule has 0 saturated carbocycles. The molecule has 2 aliphatic heterocycles. The minimum Gasteiger partial charge on any atom is -0.508 e. The van der Waals surface area contributed by atoms with E-state index in [1.165, 1.54) is 28.1 Å². The SMILES string of the molecule is CCN(C)c1cccc(F)c1CN1C[C@H]2N(C(=O)CN(C)N2C(=O)NCc2ccccc2)[C@@H](Cc2ccc(O)cc2)C1=O. The highest BCUT2D eigenvalue weighted by Crippen LogP contribution is 2.31. The molecule has 2 fully saturated rings. The molecule has 0 aliphatic carbocycles. The number of nitrogens with one attached hydrogen (secondary N) is 1. The number of phenolic OH excluding ortho intramolecular Hbond substituents is 1. The highest BCUT2D eigenvalue weighted by atomic mass is 19.1. The lowest BCUT2D eigenvalue weighted by atomic mass is 9.98. The van der Waals surface area contributed by atoms with E-state index in [1.54, 1.807) is 35.2 Å². The first-order valence-corrected chi connectivity index (χ1v) is 14.4. The minimum atomic E-state index is -0.937. The van der Waals surface area contributed by atoms with Crippen molar-refractivity contribution in [3.05, 3.63) is 95.3 Å². The highest BCUT2D eigenvalue weighted by molar-refractivity contribution is 5.91. The van der Waals surface area contributed by atoms with Gasteiger partial charge in [0.15, 0.2) is 0 Å². The summed E-state index contributed by atoms with van der Waals surface area (Å²) >= 11 is 0. The van der Waals surface area contributed by atoms with Crippen LogP contribution in [0.1, 0.15) is 23.6 Å². The number of fused-ring (bicyclic) bond motifs is 1. The summed E-state index contributed by atoms with van der Waals surface area (Å²) in [5.41, 5.74) is 2.69. The molecule has 4 amide bonds. The highest BCUT2D eigenvalue weighted by Gasteiger charge is 2.50. The Kier molecular flexibility index (Phi) is 8.81. The quantitative estimate of drug-likeness (QED) is 0.420. The van der Waals surface area contributed by atoms with E-state index < -0.39 is 24.1 Å². The Morgan fingerprint density at radius 3 is 2.44 bits per heavy atom. The lowest BCUT2D eigenvalue weighted by molar-refractivity contribution is -0.187. The van der Waals surface area contributed by atoms with E-state index in [-0.39, 0.29) is 50.2 Å². The molecule has 0 aromatic heterocycles. The number of nitrogens with zero attached hydrogens (tertiary/aromatic N) is 5. The van der Waals surface area contributed by atoms with Crippen molar-refractivity contribution in [2.24, 2.45) is 0 Å². The van der Waals surface area contributed by atoms with E-state index in [4.69, 9.17) is 0 Å². The number of rotatable bonds is 8. The topological polar surface area (TPSA) is 99.7 Å². The number of hydrogen-bond acceptors (Lipinski definition) is 6. The number of hydrazine groups is 1. The van der Waals surface area contributed by atoms with E-state index >= 15 is 4.39 Å². The predicted molar refractivity (Wildman–Crippen MR) is 160 cm³/mol. The van der Waals surface area contributed by atoms with Crippen LogP contribution in [0.5, 0.6) is 5.75 Å². The second kappa shape index (κ2) is 12.7. The van der Waals surface area contributed by atoms with Crippen molar-refractivity contribution in [2.45, 2.75) is 38.6 Å². The second-order valence-corrected chi connectivity index (χ2v) is 10.9. The van der Waals surface area contributed by atoms with Crippen LogP contribution in [0.3, 0.4) is 0 Å². The number of carbonyl (C=O) groups excluding carboxylic acids is 3. The zero-order valence-corrected chi connectivity index (χ0v) is 24.6. The third-order valence-electron chi connectivity index (χ3n) is 8.13. The van der Waals surface area contributed by atoms with Gasteiger partial charge in [-0.25, -0.2) is 19.2 Å². The molecule has 43 heavy (non-hydrogen) atoms. The van der Waals surface area contributed by atoms with Crippen LogP contribution in [-0.2, 0) is 29.1 Å². The van der Waals surface area contributed by atoms with Gasteiger partial charge in [0.2, 0.25) is 11.8 Å². The Morgan fingerprint density at radius 1 is 1.02 bits per heavy atom. The lowest BCUT2D eigenvalue weighted by Crippen LogP contribution is -2.76. The predicted octanol–water partition coefficient (Wildman–Crippen LogP) is 3.17. The number of benzene rings is 3. The van der Waals surface area contributed by atoms with Gasteiger partial charge in [0.1, 0.15) is 23.8 Å². The maximum absolute atomic E-state index is 15.3. The van der Waals surface area contributed by atoms with E-state index in [1.807, 2.05) is 55.3 Å². The molecule has 2 N–H and O–H groups in total. The van der Waals surface area contributed by atoms with Crippen molar-refractivity contribution < 1.29 is 23.9 Å². The van der Waals surface area contributed by atoms with Crippen molar-refractivity contribution >= 4 is 23.5 Å². The lowest BCUT2D eigenvalue weighted by Gasteiger charge is -2.54. The number of hydrogen-bond donors (Lipinski definition) is 2. The third-order valence-corrected chi connectivity index (χ3v) is 8.13. The van der Waals surface area contributed by atoms with Gasteiger partial charge in [0, 0.05) is 44.9 Å². The molecule has 2 atom stereocenters. The van der Waals surface area contributed by atoms with Gasteiger partial charge in [0.05, 0.1) is 19.6 Å². The van der Waals surface area contributed by atoms with Gasteiger partial charge in [-0.2, -0.15) is 0 Å². The largest absolute Gasteiger partial charge is 0.508 e. The summed E-state index contributed by atoms with van der Waals surface area (Å²) in [5.74, 6) is -0.964. The summed E-state index contributed by atoms with van der Waals surface area (Å²) in [4.78, 5) is 46.3. The Bertz CT molecular complexity index is 1470. The van der Waals surface area contributed by atoms with E-state index in [0.717, 1.165) is 11.1 Å². The first kappa shape index (κ1) is 29.8. The molecule has 0 radical (unpaired) electrons. The normalized spacial score (nSPS) is 18.9. The molecule has 0 bridgehead atoms. The maximum Gasteiger partial charge on any atom is 0.334 e. The van der Waals surface area contributed by atoms with E-state index in [9.17, 15) is 19.5 Å². The molecule has 5 rings (SSSR count). The van der Waals surface area contributed by atoms with Gasteiger partial charge in [-0.15, -0.1) is 0 Å². The summed E-state index contributed by atoms with van der Waals surface area (Å²) in [5, 5.41) is 15.8. The summed E-state index contributed by atoms with van der Waals surface area (Å²) in [7, 11) is 3.53. The molecule has 0 unspecified atom stereocenters. The van der Waals surface area contributed by atoms with Crippen molar-refractivity contribution in [2.75, 3.05) is 38.6 Å². The van der Waals surface area contributed by atoms with Crippen LogP contribution in [0.25, 0.3) is 0 Å². The number of phenols is 1. The second-order valence-electron chi connectivity index (χ2n) is 10.9. The number of anilines is 1. The molecule has 2 aliphatic rings. The molecule has 11 heteroatoms. The molecule has 0 spiro atoms. The Balaban J connectivity index is 1.50. The van der Waals surface area contributed by atoms with Crippen LogP contribution in [0, 0.1) is 5.82 Å². The van der Waals surface area contributed by atoms with Crippen LogP contribution in [-0.4, -0.2) is 88.7 Å². The number of amides is 4. The molecule has 3 aromatic rings. The number of carbonyl (C=O) groups is 3. The molecule has 3 aromatic carbocycles. The molecule has 2 saturated heterocycles. The van der Waals surface area contributed by atoms with Crippen LogP contribution in [0.2, 0.25) is 0 Å². The number of urea groups is 1. The van der Waals surface area contributed by atoms with Crippen LogP contribution in [0.4, 0.5) is 14.9 Å². The van der Waals surface area contributed by atoms with Crippen LogP contribution >= 0.6 is 0 Å². The average Bonchev–Trinajstić information content (AvgIpc) is 3.00. The summed E-state index contributed by atoms with van der Waals surface area (Å²) < 4.78 is 15.3. The number of halogens is 1. The molecular formula is C32H37FN6O4. The van der Waals surface area contributed by atoms with Gasteiger partial charge >= 0.3 is 6.03 Å². The fourth-order valence-electron chi connectivity index (χ4n) is 5.78. The Labute approximate surface area is 250 Å². The van der Waals surface area contributed by atoms with Gasteiger partial charge < -0.3 is 25.1 Å². The first-order chi connectivity index (χ1) is 20.7. The van der Waals surface area contributed by atoms with Crippen molar-refractivity contribution in [1.29, 1.82) is 0 Å². The smallest absolute Gasteiger partial charge is 0.334 e. The van der Waals surface area contributed by atoms with Crippen molar-refractivity contribution in [3.8, 4) is 5.75 Å². The van der Waals surface area contributed by atoms with Crippen molar-refractivity contribution in [1.82, 2.24) is 25.1 Å². The Hall–Kier alpha value is -4.64. The summed E-state index contributed by atoms with van der Waals surface area (Å²) in [6.07, 6.45) is -0.652. The molecule has 10 nitrogen and oxygen atoms in total. The van der Waals surface area contributed by atoms with E-state index in [2.05, 4.69) is 5.32 Å². The van der Waals surface area contributed by atoms with Gasteiger partial charge in [-0.05, 0) is 42.3 Å². The van der Waals surface area contributed by atoms with Crippen LogP contribution in [0.15, 0.2) is 72.8 Å². The first-order valence-electron chi connectivity index (χ1n) is 14.4. The molecular weight excluding hydrogens is 551 g/mol. The average molecular weight is 589 g/mol. The third kappa shape index (κ3) is 6.26. The van der Waals surface area contributed by atoms with Crippen molar-refractivity contribution in [3.63, 3.8) is 0 Å². The summed E-state index contributed by atoms with van der Waals surface area (Å²) in [6, 6.07) is 19.4. The standard InChI is InChI=1S/C32H37FN6O4/c1-4-35(2)27-12-8-11-26(33)25(27)19-37-20-29-38(28(31(37)42)17-22-13-15-24(40)16-14-22)30(41)21-36(3)39(29)32(43)34-18-23-9-6-5-7-10-23/h5-16,28-29,40H,4,17-21H2,1-3H3,(H,34,43)/t28-,29-/m0/s1. The fourth-order valence-corrected chi connectivity index (χ4v) is 5.78. The minimum absolute atomic E-state index is 0.00334. The molecule has 2 heterocycles. The zero-order chi connectivity index (χ0) is 30.7. The maximum atomic E-state index is 15.3. The number of aromatic hydroxyl groups is 1. The summed E-state index contributed by atoms with van der Waals surface area (Å²) in [6.45, 7) is 2.77.